The Morgan fingerprint density at radius 3 is 2.67 bits per heavy atom. The molecular weight excluding hydrogens is 302 g/mol. The summed E-state index contributed by atoms with van der Waals surface area (Å²) in [5.74, 6) is 0.647. The van der Waals surface area contributed by atoms with Crippen LogP contribution < -0.4 is 0 Å². The van der Waals surface area contributed by atoms with E-state index >= 15 is 0 Å². The van der Waals surface area contributed by atoms with Crippen LogP contribution in [0.4, 0.5) is 0 Å². The lowest BCUT2D eigenvalue weighted by Gasteiger charge is -2.67. The number of nitrogens with zero attached hydrogens (tertiary/aromatic N) is 1. The van der Waals surface area contributed by atoms with Crippen LogP contribution in [0.15, 0.2) is 12.2 Å². The van der Waals surface area contributed by atoms with Gasteiger partial charge >= 0.3 is 0 Å². The average molecular weight is 329 g/mol. The molecule has 3 saturated heterocycles. The number of hydrogen-bond acceptors (Lipinski definition) is 4. The lowest BCUT2D eigenvalue weighted by atomic mass is 9.39. The largest absolute Gasteiger partial charge is 0.392 e. The highest BCUT2D eigenvalue weighted by Gasteiger charge is 2.91. The molecule has 9 aliphatic rings. The van der Waals surface area contributed by atoms with E-state index in [1.807, 2.05) is 0 Å². The predicted molar refractivity (Wildman–Crippen MR) is 86.8 cm³/mol. The Morgan fingerprint density at radius 2 is 1.88 bits per heavy atom. The van der Waals surface area contributed by atoms with Gasteiger partial charge in [-0.15, -0.1) is 0 Å². The molecule has 0 aromatic carbocycles. The Hall–Kier alpha value is -0.420. The predicted octanol–water partition coefficient (Wildman–Crippen LogP) is 0.764. The molecule has 0 radical (unpaired) electrons. The van der Waals surface area contributed by atoms with Gasteiger partial charge in [-0.3, -0.25) is 4.90 Å². The summed E-state index contributed by atoms with van der Waals surface area (Å²) in [6.45, 7) is 7.72. The van der Waals surface area contributed by atoms with Crippen molar-refractivity contribution >= 4 is 0 Å². The molecule has 9 fully saturated rings. The Morgan fingerprint density at radius 1 is 1.08 bits per heavy atom. The van der Waals surface area contributed by atoms with Gasteiger partial charge in [-0.25, -0.2) is 0 Å². The van der Waals surface area contributed by atoms with Crippen molar-refractivity contribution < 1.29 is 15.3 Å². The first kappa shape index (κ1) is 13.7. The Balaban J connectivity index is 1.57. The first-order valence-electron chi connectivity index (χ1n) is 9.87. The number of piperidine rings is 2. The fourth-order valence-corrected chi connectivity index (χ4v) is 10.5. The Kier molecular flexibility index (Phi) is 1.95. The van der Waals surface area contributed by atoms with Crippen LogP contribution in [-0.2, 0) is 0 Å². The third kappa shape index (κ3) is 0.922. The molecule has 130 valence electrons. The van der Waals surface area contributed by atoms with Gasteiger partial charge in [0.25, 0.3) is 0 Å². The van der Waals surface area contributed by atoms with Crippen LogP contribution in [0.5, 0.6) is 0 Å². The molecule has 24 heavy (non-hydrogen) atoms. The van der Waals surface area contributed by atoms with Crippen LogP contribution in [0.3, 0.4) is 0 Å². The standard InChI is InChI=1S/C20H27NO3/c1-8-6-20-10-12(22)9(8)13(23)15(20)19-5-3-4-18(2)7-21(16(10)19)11(14(18)19)17(20)24/h9-17,22-24H,1,3-7H2,2H3. The molecule has 3 heterocycles. The van der Waals surface area contributed by atoms with Gasteiger partial charge in [0.2, 0.25) is 0 Å². The second-order valence-corrected chi connectivity index (χ2v) is 10.6. The molecule has 4 nitrogen and oxygen atoms in total. The highest BCUT2D eigenvalue weighted by Crippen LogP contribution is 2.86. The Bertz CT molecular complexity index is 709. The maximum absolute atomic E-state index is 11.6. The van der Waals surface area contributed by atoms with Gasteiger partial charge < -0.3 is 15.3 Å². The molecule has 6 saturated carbocycles. The van der Waals surface area contributed by atoms with E-state index in [-0.39, 0.29) is 34.6 Å². The molecular formula is C20H27NO3. The molecule has 13 unspecified atom stereocenters. The summed E-state index contributed by atoms with van der Waals surface area (Å²) in [5, 5.41) is 34.1. The van der Waals surface area contributed by atoms with E-state index in [1.54, 1.807) is 0 Å². The van der Waals surface area contributed by atoms with Crippen molar-refractivity contribution in [3.05, 3.63) is 12.2 Å². The average Bonchev–Trinajstić information content (AvgIpc) is 2.99. The van der Waals surface area contributed by atoms with Crippen LogP contribution in [0.25, 0.3) is 0 Å². The minimum Gasteiger partial charge on any atom is -0.392 e. The smallest absolute Gasteiger partial charge is 0.0765 e. The van der Waals surface area contributed by atoms with Crippen molar-refractivity contribution in [2.45, 2.75) is 63.0 Å². The summed E-state index contributed by atoms with van der Waals surface area (Å²) in [7, 11) is 0. The molecule has 9 rings (SSSR count). The highest BCUT2D eigenvalue weighted by molar-refractivity contribution is 5.44. The second kappa shape index (κ2) is 3.40. The van der Waals surface area contributed by atoms with Gasteiger partial charge in [-0.1, -0.05) is 25.5 Å². The van der Waals surface area contributed by atoms with Gasteiger partial charge in [0, 0.05) is 41.8 Å². The minimum atomic E-state index is -0.523. The maximum atomic E-state index is 11.6. The molecule has 0 amide bonds. The minimum absolute atomic E-state index is 0.135. The molecule has 0 aromatic heterocycles. The second-order valence-electron chi connectivity index (χ2n) is 10.6. The van der Waals surface area contributed by atoms with E-state index in [0.29, 0.717) is 17.4 Å². The van der Waals surface area contributed by atoms with Crippen molar-refractivity contribution in [1.29, 1.82) is 0 Å². The van der Waals surface area contributed by atoms with E-state index in [9.17, 15) is 15.3 Å². The highest BCUT2D eigenvalue weighted by atomic mass is 16.3. The van der Waals surface area contributed by atoms with Gasteiger partial charge in [-0.2, -0.15) is 0 Å². The zero-order chi connectivity index (χ0) is 16.4. The number of fused-ring (bicyclic) bond motifs is 1. The molecule has 3 aliphatic heterocycles. The molecule has 4 heteroatoms. The van der Waals surface area contributed by atoms with Crippen LogP contribution in [0.1, 0.15) is 32.6 Å². The summed E-state index contributed by atoms with van der Waals surface area (Å²) >= 11 is 0. The monoisotopic (exact) mass is 329 g/mol. The number of aliphatic hydroxyl groups is 3. The first-order chi connectivity index (χ1) is 11.4. The van der Waals surface area contributed by atoms with Crippen LogP contribution in [0.2, 0.25) is 0 Å². The summed E-state index contributed by atoms with van der Waals surface area (Å²) in [5.41, 5.74) is 1.10. The lowest BCUT2D eigenvalue weighted by Crippen LogP contribution is -2.73. The van der Waals surface area contributed by atoms with Crippen LogP contribution >= 0.6 is 0 Å². The van der Waals surface area contributed by atoms with Crippen LogP contribution in [0, 0.1) is 39.9 Å². The fraction of sp³-hybridized carbons (Fsp3) is 0.900. The van der Waals surface area contributed by atoms with Gasteiger partial charge in [0.05, 0.1) is 18.3 Å². The van der Waals surface area contributed by atoms with Crippen molar-refractivity contribution in [2.75, 3.05) is 6.54 Å². The summed E-state index contributed by atoms with van der Waals surface area (Å²) in [6.07, 6.45) is 3.06. The quantitative estimate of drug-likeness (QED) is 0.574. The lowest BCUT2D eigenvalue weighted by molar-refractivity contribution is -0.251. The Labute approximate surface area is 142 Å². The molecule has 3 N–H and O–H groups in total. The third-order valence-electron chi connectivity index (χ3n) is 10.3. The van der Waals surface area contributed by atoms with Crippen molar-refractivity contribution in [1.82, 2.24) is 4.90 Å². The van der Waals surface area contributed by atoms with Crippen molar-refractivity contribution in [3.8, 4) is 0 Å². The SMILES string of the molecule is C=C1CC23C(O)C4C5C6(C)CCCC57C(C2C(O)C1C(O)C37)N4C6. The number of rotatable bonds is 0. The van der Waals surface area contributed by atoms with E-state index in [0.717, 1.165) is 18.5 Å². The van der Waals surface area contributed by atoms with E-state index in [2.05, 4.69) is 18.4 Å². The first-order valence-corrected chi connectivity index (χ1v) is 9.87. The van der Waals surface area contributed by atoms with Crippen molar-refractivity contribution in [3.63, 3.8) is 0 Å². The number of aliphatic hydroxyl groups excluding tert-OH is 3. The zero-order valence-electron chi connectivity index (χ0n) is 14.2. The summed E-state index contributed by atoms with van der Waals surface area (Å²) < 4.78 is 0. The van der Waals surface area contributed by atoms with Crippen LogP contribution in [-0.4, -0.2) is 57.2 Å². The van der Waals surface area contributed by atoms with Gasteiger partial charge in [-0.05, 0) is 36.0 Å². The fourth-order valence-electron chi connectivity index (χ4n) is 10.5. The zero-order valence-corrected chi connectivity index (χ0v) is 14.2. The van der Waals surface area contributed by atoms with E-state index < -0.39 is 18.3 Å². The van der Waals surface area contributed by atoms with Gasteiger partial charge in [0.1, 0.15) is 0 Å². The van der Waals surface area contributed by atoms with Crippen molar-refractivity contribution in [2.24, 2.45) is 39.9 Å². The molecule has 0 aromatic rings. The van der Waals surface area contributed by atoms with E-state index in [1.165, 1.54) is 19.3 Å². The summed E-state index contributed by atoms with van der Waals surface area (Å²) in [6, 6.07) is 0.645. The molecule has 6 aliphatic carbocycles. The maximum Gasteiger partial charge on any atom is 0.0765 e. The normalized spacial score (nSPS) is 76.1. The van der Waals surface area contributed by atoms with Gasteiger partial charge in [0.15, 0.2) is 0 Å². The molecule has 13 atom stereocenters. The summed E-state index contributed by atoms with van der Waals surface area (Å²) in [4.78, 5) is 2.60. The topological polar surface area (TPSA) is 63.9 Å². The molecule has 2 spiro atoms. The number of hydrogen-bond donors (Lipinski definition) is 3. The van der Waals surface area contributed by atoms with E-state index in [4.69, 9.17) is 0 Å². The third-order valence-corrected chi connectivity index (χ3v) is 10.3. The molecule has 9 bridgehead atoms.